The lowest BCUT2D eigenvalue weighted by Gasteiger charge is -2.33. The van der Waals surface area contributed by atoms with Gasteiger partial charge in [-0.05, 0) is 38.0 Å². The van der Waals surface area contributed by atoms with Crippen molar-refractivity contribution in [1.82, 2.24) is 29.5 Å². The van der Waals surface area contributed by atoms with Gasteiger partial charge < -0.3 is 9.64 Å². The number of likely N-dealkylation sites (tertiary alicyclic amines) is 1. The predicted octanol–water partition coefficient (Wildman–Crippen LogP) is 2.93. The number of ether oxygens (including phenoxy) is 1. The maximum absolute atomic E-state index is 13.3. The Hall–Kier alpha value is -3.01. The van der Waals surface area contributed by atoms with Crippen LogP contribution in [0.25, 0.3) is 5.78 Å². The van der Waals surface area contributed by atoms with Gasteiger partial charge in [0.25, 0.3) is 18.1 Å². The standard InChI is InChI=1S/C20H22F2N6O2/c1-12-6-14(7-15(25-12)10-30-2)19(29)27-5-3-4-13(9-27)17-8-16(18(21)22)26-20-23-11-24-28(17)20/h6-8,11,13,18H,3-5,9-10H2,1-2H3. The van der Waals surface area contributed by atoms with Gasteiger partial charge in [0.15, 0.2) is 0 Å². The minimum Gasteiger partial charge on any atom is -0.378 e. The number of methoxy groups -OCH3 is 1. The lowest BCUT2D eigenvalue weighted by molar-refractivity contribution is 0.0704. The lowest BCUT2D eigenvalue weighted by Crippen LogP contribution is -2.39. The molecule has 4 rings (SSSR count). The second-order valence-corrected chi connectivity index (χ2v) is 7.39. The number of piperidine rings is 1. The van der Waals surface area contributed by atoms with E-state index in [0.29, 0.717) is 36.6 Å². The van der Waals surface area contributed by atoms with Crippen LogP contribution >= 0.6 is 0 Å². The van der Waals surface area contributed by atoms with E-state index in [1.165, 1.54) is 16.9 Å². The largest absolute Gasteiger partial charge is 0.378 e. The second kappa shape index (κ2) is 8.39. The van der Waals surface area contributed by atoms with Gasteiger partial charge in [-0.25, -0.2) is 18.3 Å². The number of aromatic nitrogens is 5. The maximum Gasteiger partial charge on any atom is 0.280 e. The molecule has 3 aromatic rings. The van der Waals surface area contributed by atoms with Crippen LogP contribution in [0.15, 0.2) is 24.5 Å². The Morgan fingerprint density at radius 1 is 1.30 bits per heavy atom. The van der Waals surface area contributed by atoms with Crippen LogP contribution in [0.4, 0.5) is 8.78 Å². The molecule has 1 fully saturated rings. The first-order valence-electron chi connectivity index (χ1n) is 9.70. The summed E-state index contributed by atoms with van der Waals surface area (Å²) in [7, 11) is 1.58. The van der Waals surface area contributed by atoms with Crippen LogP contribution in [-0.2, 0) is 11.3 Å². The number of hydrogen-bond acceptors (Lipinski definition) is 6. The van der Waals surface area contributed by atoms with Gasteiger partial charge in [0.2, 0.25) is 0 Å². The molecule has 10 heteroatoms. The summed E-state index contributed by atoms with van der Waals surface area (Å²) in [5, 5.41) is 4.14. The van der Waals surface area contributed by atoms with Crippen LogP contribution < -0.4 is 0 Å². The number of rotatable bonds is 5. The van der Waals surface area contributed by atoms with E-state index in [1.54, 1.807) is 24.1 Å². The van der Waals surface area contributed by atoms with Gasteiger partial charge in [0.1, 0.15) is 12.0 Å². The van der Waals surface area contributed by atoms with Gasteiger partial charge in [-0.3, -0.25) is 9.78 Å². The SMILES string of the molecule is COCc1cc(C(=O)N2CCCC(c3cc(C(F)F)nc4ncnn34)C2)cc(C)n1. The van der Waals surface area contributed by atoms with Crippen molar-refractivity contribution in [2.45, 2.75) is 38.7 Å². The Labute approximate surface area is 171 Å². The molecule has 3 aromatic heterocycles. The van der Waals surface area contributed by atoms with Crippen molar-refractivity contribution >= 4 is 11.7 Å². The minimum absolute atomic E-state index is 0.111. The van der Waals surface area contributed by atoms with E-state index in [0.717, 1.165) is 18.5 Å². The summed E-state index contributed by atoms with van der Waals surface area (Å²) < 4.78 is 33.2. The molecular formula is C20H22F2N6O2. The number of carbonyl (C=O) groups excluding carboxylic acids is 1. The average molecular weight is 416 g/mol. The highest BCUT2D eigenvalue weighted by Crippen LogP contribution is 2.30. The highest BCUT2D eigenvalue weighted by atomic mass is 19.3. The van der Waals surface area contributed by atoms with Gasteiger partial charge in [0.05, 0.1) is 18.0 Å². The average Bonchev–Trinajstić information content (AvgIpc) is 3.21. The van der Waals surface area contributed by atoms with Crippen LogP contribution in [-0.4, -0.2) is 55.6 Å². The van der Waals surface area contributed by atoms with Crippen LogP contribution in [0, 0.1) is 6.92 Å². The zero-order valence-electron chi connectivity index (χ0n) is 16.8. The topological polar surface area (TPSA) is 85.5 Å². The number of hydrogen-bond donors (Lipinski definition) is 0. The van der Waals surface area contributed by atoms with E-state index in [2.05, 4.69) is 20.1 Å². The highest BCUT2D eigenvalue weighted by molar-refractivity contribution is 5.94. The number of alkyl halides is 2. The molecule has 0 aromatic carbocycles. The zero-order valence-corrected chi connectivity index (χ0v) is 16.8. The third-order valence-corrected chi connectivity index (χ3v) is 5.20. The first-order valence-corrected chi connectivity index (χ1v) is 9.70. The van der Waals surface area contributed by atoms with Crippen molar-refractivity contribution in [3.05, 3.63) is 52.9 Å². The van der Waals surface area contributed by atoms with Crippen molar-refractivity contribution in [3.8, 4) is 0 Å². The van der Waals surface area contributed by atoms with E-state index >= 15 is 0 Å². The fraction of sp³-hybridized carbons (Fsp3) is 0.450. The molecule has 0 saturated carbocycles. The fourth-order valence-electron chi connectivity index (χ4n) is 3.92. The van der Waals surface area contributed by atoms with Crippen molar-refractivity contribution in [1.29, 1.82) is 0 Å². The Morgan fingerprint density at radius 2 is 2.13 bits per heavy atom. The number of halogens is 2. The van der Waals surface area contributed by atoms with E-state index in [9.17, 15) is 13.6 Å². The van der Waals surface area contributed by atoms with Crippen LogP contribution in [0.2, 0.25) is 0 Å². The Kier molecular flexibility index (Phi) is 5.67. The monoisotopic (exact) mass is 416 g/mol. The Bertz CT molecular complexity index is 1070. The van der Waals surface area contributed by atoms with Gasteiger partial charge in [-0.2, -0.15) is 10.1 Å². The predicted molar refractivity (Wildman–Crippen MR) is 103 cm³/mol. The Morgan fingerprint density at radius 3 is 2.90 bits per heavy atom. The number of nitrogens with zero attached hydrogens (tertiary/aromatic N) is 6. The summed E-state index contributed by atoms with van der Waals surface area (Å²) in [5.41, 5.74) is 2.24. The Balaban J connectivity index is 1.62. The summed E-state index contributed by atoms with van der Waals surface area (Å²) in [6.07, 6.45) is 0.110. The molecule has 4 heterocycles. The summed E-state index contributed by atoms with van der Waals surface area (Å²) in [5.74, 6) is -0.116. The molecule has 1 atom stereocenters. The molecule has 0 aliphatic carbocycles. The van der Waals surface area contributed by atoms with E-state index < -0.39 is 6.43 Å². The maximum atomic E-state index is 13.3. The zero-order chi connectivity index (χ0) is 21.3. The van der Waals surface area contributed by atoms with Gasteiger partial charge in [-0.1, -0.05) is 0 Å². The minimum atomic E-state index is -2.70. The van der Waals surface area contributed by atoms with Gasteiger partial charge >= 0.3 is 0 Å². The number of amides is 1. The number of pyridine rings is 1. The normalized spacial score (nSPS) is 17.1. The van der Waals surface area contributed by atoms with Crippen molar-refractivity contribution in [3.63, 3.8) is 0 Å². The molecule has 1 saturated heterocycles. The number of carbonyl (C=O) groups is 1. The third kappa shape index (κ3) is 4.00. The molecular weight excluding hydrogens is 394 g/mol. The summed E-state index contributed by atoms with van der Waals surface area (Å²) in [6, 6.07) is 4.86. The molecule has 8 nitrogen and oxygen atoms in total. The molecule has 1 aliphatic rings. The molecule has 1 amide bonds. The highest BCUT2D eigenvalue weighted by Gasteiger charge is 2.29. The third-order valence-electron chi connectivity index (χ3n) is 5.20. The quantitative estimate of drug-likeness (QED) is 0.636. The second-order valence-electron chi connectivity index (χ2n) is 7.39. The van der Waals surface area contributed by atoms with Crippen LogP contribution in [0.1, 0.15) is 58.3 Å². The summed E-state index contributed by atoms with van der Waals surface area (Å²) in [6.45, 7) is 3.16. The summed E-state index contributed by atoms with van der Waals surface area (Å²) >= 11 is 0. The first kappa shape index (κ1) is 20.3. The molecule has 1 unspecified atom stereocenters. The van der Waals surface area contributed by atoms with Crippen molar-refractivity contribution in [2.24, 2.45) is 0 Å². The fourth-order valence-corrected chi connectivity index (χ4v) is 3.92. The number of fused-ring (bicyclic) bond motifs is 1. The molecule has 0 spiro atoms. The van der Waals surface area contributed by atoms with Crippen molar-refractivity contribution in [2.75, 3.05) is 20.2 Å². The molecule has 0 bridgehead atoms. The molecule has 0 radical (unpaired) electrons. The molecule has 0 N–H and O–H groups in total. The molecule has 30 heavy (non-hydrogen) atoms. The van der Waals surface area contributed by atoms with Gasteiger partial charge in [0, 0.05) is 37.4 Å². The number of aryl methyl sites for hydroxylation is 1. The molecule has 158 valence electrons. The molecule has 1 aliphatic heterocycles. The lowest BCUT2D eigenvalue weighted by atomic mass is 9.93. The van der Waals surface area contributed by atoms with Crippen LogP contribution in [0.5, 0.6) is 0 Å². The van der Waals surface area contributed by atoms with Crippen LogP contribution in [0.3, 0.4) is 0 Å². The van der Waals surface area contributed by atoms with E-state index in [-0.39, 0.29) is 23.3 Å². The van der Waals surface area contributed by atoms with Gasteiger partial charge in [-0.15, -0.1) is 0 Å². The first-order chi connectivity index (χ1) is 14.5. The van der Waals surface area contributed by atoms with Crippen molar-refractivity contribution < 1.29 is 18.3 Å². The van der Waals surface area contributed by atoms with E-state index in [4.69, 9.17) is 4.74 Å². The smallest absolute Gasteiger partial charge is 0.280 e. The summed E-state index contributed by atoms with van der Waals surface area (Å²) in [4.78, 5) is 27.1. The van der Waals surface area contributed by atoms with E-state index in [1.807, 2.05) is 6.92 Å².